The van der Waals surface area contributed by atoms with Crippen molar-refractivity contribution in [2.24, 2.45) is 11.8 Å². The zero-order valence-corrected chi connectivity index (χ0v) is 20.1. The van der Waals surface area contributed by atoms with Crippen molar-refractivity contribution in [3.8, 4) is 0 Å². The fourth-order valence-electron chi connectivity index (χ4n) is 4.48. The van der Waals surface area contributed by atoms with Crippen LogP contribution in [0, 0.1) is 11.8 Å². The molecule has 0 spiro atoms. The number of aromatic nitrogens is 1. The predicted molar refractivity (Wildman–Crippen MR) is 123 cm³/mol. The normalized spacial score (nSPS) is 18.8. The zero-order valence-electron chi connectivity index (χ0n) is 19.4. The molecule has 2 aliphatic heterocycles. The summed E-state index contributed by atoms with van der Waals surface area (Å²) in [6.07, 6.45) is 4.09. The third-order valence-electron chi connectivity index (χ3n) is 6.19. The van der Waals surface area contributed by atoms with Crippen LogP contribution in [0.5, 0.6) is 0 Å². The monoisotopic (exact) mass is 450 g/mol. The summed E-state index contributed by atoms with van der Waals surface area (Å²) in [4.78, 5) is 34.5. The minimum atomic E-state index is -0.449. The molecule has 7 nitrogen and oxygen atoms in total. The van der Waals surface area contributed by atoms with Crippen LogP contribution in [-0.2, 0) is 4.74 Å². The molecular weight excluding hydrogens is 416 g/mol. The number of amides is 2. The quantitative estimate of drug-likeness (QED) is 0.642. The first-order valence-electron chi connectivity index (χ1n) is 11.2. The Morgan fingerprint density at radius 1 is 1.03 bits per heavy atom. The van der Waals surface area contributed by atoms with Gasteiger partial charge in [-0.1, -0.05) is 11.6 Å². The van der Waals surface area contributed by atoms with Gasteiger partial charge in [0.15, 0.2) is 0 Å². The van der Waals surface area contributed by atoms with E-state index in [2.05, 4.69) is 9.88 Å². The van der Waals surface area contributed by atoms with Crippen LogP contribution in [0.2, 0.25) is 5.15 Å². The molecule has 0 saturated carbocycles. The van der Waals surface area contributed by atoms with Crippen LogP contribution < -0.4 is 4.90 Å². The van der Waals surface area contributed by atoms with Crippen LogP contribution >= 0.6 is 11.6 Å². The number of rotatable bonds is 3. The Hall–Kier alpha value is -2.02. The van der Waals surface area contributed by atoms with Gasteiger partial charge in [-0.25, -0.2) is 9.78 Å². The highest BCUT2D eigenvalue weighted by atomic mass is 35.5. The number of piperidine rings is 2. The van der Waals surface area contributed by atoms with Crippen molar-refractivity contribution in [1.82, 2.24) is 14.8 Å². The molecule has 0 aromatic carbocycles. The van der Waals surface area contributed by atoms with E-state index in [0.717, 1.165) is 57.7 Å². The van der Waals surface area contributed by atoms with E-state index in [1.165, 1.54) is 4.90 Å². The molecule has 1 aromatic heterocycles. The topological polar surface area (TPSA) is 66.0 Å². The van der Waals surface area contributed by atoms with Gasteiger partial charge in [0.1, 0.15) is 16.6 Å². The Morgan fingerprint density at radius 3 is 2.06 bits per heavy atom. The lowest BCUT2D eigenvalue weighted by Gasteiger charge is -2.40. The van der Waals surface area contributed by atoms with E-state index in [1.807, 2.05) is 31.7 Å². The Labute approximate surface area is 190 Å². The average Bonchev–Trinajstić information content (AvgIpc) is 2.72. The molecule has 0 atom stereocenters. The summed E-state index contributed by atoms with van der Waals surface area (Å²) >= 11 is 6.29. The minimum Gasteiger partial charge on any atom is -0.444 e. The molecule has 0 radical (unpaired) electrons. The standard InChI is InChI=1S/C23H35ClN4O3/c1-23(2,3)31-22(30)28-14-10-17(11-15-28)16-8-12-27(13-9-16)19-7-6-18(20(24)25-19)21(29)26(4)5/h6-7,16-17H,8-15H2,1-5H3. The largest absolute Gasteiger partial charge is 0.444 e. The summed E-state index contributed by atoms with van der Waals surface area (Å²) in [5, 5.41) is 0.257. The van der Waals surface area contributed by atoms with Crippen LogP contribution in [0.3, 0.4) is 0 Å². The summed E-state index contributed by atoms with van der Waals surface area (Å²) in [5.41, 5.74) is -0.0163. The molecular formula is C23H35ClN4O3. The third-order valence-corrected chi connectivity index (χ3v) is 6.48. The fraction of sp³-hybridized carbons (Fsp3) is 0.696. The van der Waals surface area contributed by atoms with E-state index in [-0.39, 0.29) is 17.2 Å². The fourth-order valence-corrected chi connectivity index (χ4v) is 4.71. The van der Waals surface area contributed by atoms with E-state index in [0.29, 0.717) is 17.4 Å². The first kappa shape index (κ1) is 23.6. The van der Waals surface area contributed by atoms with Crippen LogP contribution in [-0.4, -0.2) is 72.7 Å². The minimum absolute atomic E-state index is 0.138. The molecule has 0 bridgehead atoms. The number of likely N-dealkylation sites (tertiary alicyclic amines) is 1. The number of hydrogen-bond donors (Lipinski definition) is 0. The molecule has 0 unspecified atom stereocenters. The van der Waals surface area contributed by atoms with Gasteiger partial charge in [0.25, 0.3) is 5.91 Å². The molecule has 2 aliphatic rings. The lowest BCUT2D eigenvalue weighted by molar-refractivity contribution is 0.0152. The molecule has 2 fully saturated rings. The number of hydrogen-bond acceptors (Lipinski definition) is 5. The summed E-state index contributed by atoms with van der Waals surface area (Å²) in [7, 11) is 3.41. The summed E-state index contributed by atoms with van der Waals surface area (Å²) in [6.45, 7) is 9.13. The average molecular weight is 451 g/mol. The van der Waals surface area contributed by atoms with Crippen LogP contribution in [0.4, 0.5) is 10.6 Å². The number of ether oxygens (including phenoxy) is 1. The van der Waals surface area contributed by atoms with E-state index < -0.39 is 5.60 Å². The van der Waals surface area contributed by atoms with Gasteiger partial charge in [-0.15, -0.1) is 0 Å². The highest BCUT2D eigenvalue weighted by Gasteiger charge is 2.32. The van der Waals surface area contributed by atoms with Crippen molar-refractivity contribution in [2.45, 2.75) is 52.1 Å². The maximum absolute atomic E-state index is 12.3. The second-order valence-corrected chi connectivity index (χ2v) is 10.2. The van der Waals surface area contributed by atoms with E-state index in [1.54, 1.807) is 20.2 Å². The van der Waals surface area contributed by atoms with Crippen molar-refractivity contribution in [3.05, 3.63) is 22.8 Å². The summed E-state index contributed by atoms with van der Waals surface area (Å²) in [6, 6.07) is 3.66. The van der Waals surface area contributed by atoms with E-state index in [9.17, 15) is 9.59 Å². The summed E-state index contributed by atoms with van der Waals surface area (Å²) in [5.74, 6) is 2.01. The van der Waals surface area contributed by atoms with E-state index in [4.69, 9.17) is 16.3 Å². The highest BCUT2D eigenvalue weighted by Crippen LogP contribution is 2.34. The highest BCUT2D eigenvalue weighted by molar-refractivity contribution is 6.32. The molecule has 1 aromatic rings. The third kappa shape index (κ3) is 6.03. The molecule has 3 heterocycles. The van der Waals surface area contributed by atoms with Crippen molar-refractivity contribution in [2.75, 3.05) is 45.2 Å². The number of nitrogens with zero attached hydrogens (tertiary/aromatic N) is 4. The zero-order chi connectivity index (χ0) is 22.8. The molecule has 3 rings (SSSR count). The number of halogens is 1. The van der Waals surface area contributed by atoms with Gasteiger partial charge < -0.3 is 19.4 Å². The second kappa shape index (κ2) is 9.63. The molecule has 2 saturated heterocycles. The van der Waals surface area contributed by atoms with Crippen molar-refractivity contribution >= 4 is 29.4 Å². The van der Waals surface area contributed by atoms with Crippen LogP contribution in [0.1, 0.15) is 56.8 Å². The van der Waals surface area contributed by atoms with Crippen LogP contribution in [0.15, 0.2) is 12.1 Å². The number of anilines is 1. The lowest BCUT2D eigenvalue weighted by Crippen LogP contribution is -2.44. The van der Waals surface area contributed by atoms with Gasteiger partial charge in [0, 0.05) is 40.3 Å². The molecule has 8 heteroatoms. The van der Waals surface area contributed by atoms with Crippen molar-refractivity contribution < 1.29 is 14.3 Å². The first-order valence-corrected chi connectivity index (χ1v) is 11.5. The molecule has 172 valence electrons. The van der Waals surface area contributed by atoms with Gasteiger partial charge in [-0.3, -0.25) is 4.79 Å². The van der Waals surface area contributed by atoms with E-state index >= 15 is 0 Å². The number of carbonyl (C=O) groups excluding carboxylic acids is 2. The Balaban J connectivity index is 1.50. The molecule has 0 aliphatic carbocycles. The van der Waals surface area contributed by atoms with Crippen molar-refractivity contribution in [3.63, 3.8) is 0 Å². The van der Waals surface area contributed by atoms with Gasteiger partial charge in [-0.2, -0.15) is 0 Å². The maximum atomic E-state index is 12.3. The SMILES string of the molecule is CN(C)C(=O)c1ccc(N2CCC(C3CCN(C(=O)OC(C)(C)C)CC3)CC2)nc1Cl. The lowest BCUT2D eigenvalue weighted by atomic mass is 9.79. The Bertz CT molecular complexity index is 793. The predicted octanol–water partition coefficient (Wildman–Crippen LogP) is 4.30. The van der Waals surface area contributed by atoms with Gasteiger partial charge in [0.05, 0.1) is 5.56 Å². The Kier molecular flexibility index (Phi) is 7.35. The van der Waals surface area contributed by atoms with Gasteiger partial charge >= 0.3 is 6.09 Å². The van der Waals surface area contributed by atoms with Gasteiger partial charge in [-0.05, 0) is 70.4 Å². The molecule has 2 amide bonds. The molecule has 31 heavy (non-hydrogen) atoms. The van der Waals surface area contributed by atoms with Gasteiger partial charge in [0.2, 0.25) is 0 Å². The first-order chi connectivity index (χ1) is 14.5. The number of pyridine rings is 1. The Morgan fingerprint density at radius 2 is 1.58 bits per heavy atom. The maximum Gasteiger partial charge on any atom is 0.410 e. The summed E-state index contributed by atoms with van der Waals surface area (Å²) < 4.78 is 5.51. The van der Waals surface area contributed by atoms with Crippen molar-refractivity contribution in [1.29, 1.82) is 0 Å². The second-order valence-electron chi connectivity index (χ2n) is 9.84. The van der Waals surface area contributed by atoms with Crippen LogP contribution in [0.25, 0.3) is 0 Å². The molecule has 0 N–H and O–H groups in total. The number of carbonyl (C=O) groups is 2. The smallest absolute Gasteiger partial charge is 0.410 e.